The molecule has 1 aromatic carbocycles. The van der Waals surface area contributed by atoms with E-state index in [-0.39, 0.29) is 18.8 Å². The van der Waals surface area contributed by atoms with E-state index in [2.05, 4.69) is 34.0 Å². The monoisotopic (exact) mass is 371 g/mol. The minimum absolute atomic E-state index is 0.0654. The average Bonchev–Trinajstić information content (AvgIpc) is 3.15. The summed E-state index contributed by atoms with van der Waals surface area (Å²) in [6.07, 6.45) is 4.45. The summed E-state index contributed by atoms with van der Waals surface area (Å²) >= 11 is 1.60. The molecule has 0 unspecified atom stereocenters. The first kappa shape index (κ1) is 17.1. The van der Waals surface area contributed by atoms with Gasteiger partial charge in [0.15, 0.2) is 0 Å². The highest BCUT2D eigenvalue weighted by molar-refractivity contribution is 7.13. The molecule has 0 saturated heterocycles. The maximum atomic E-state index is 13.3. The number of hydrogen-bond donors (Lipinski definition) is 1. The van der Waals surface area contributed by atoms with Crippen LogP contribution < -0.4 is 5.32 Å². The normalized spacial score (nSPS) is 17.3. The number of thiazole rings is 1. The summed E-state index contributed by atoms with van der Waals surface area (Å²) in [5, 5.41) is 5.34. The lowest BCUT2D eigenvalue weighted by Crippen LogP contribution is -2.26. The Labute approximate surface area is 154 Å². The minimum Gasteiger partial charge on any atom is -0.344 e. The van der Waals surface area contributed by atoms with E-state index < -0.39 is 5.92 Å². The maximum Gasteiger partial charge on any atom is 0.248 e. The summed E-state index contributed by atoms with van der Waals surface area (Å²) in [7, 11) is 0. The molecule has 0 amide bonds. The Bertz CT molecular complexity index is 927. The van der Waals surface area contributed by atoms with Crippen LogP contribution in [0.1, 0.15) is 25.7 Å². The lowest BCUT2D eigenvalue weighted by Gasteiger charge is -2.29. The molecule has 4 rings (SSSR count). The van der Waals surface area contributed by atoms with E-state index in [1.54, 1.807) is 11.3 Å². The van der Waals surface area contributed by atoms with Crippen LogP contribution in [0.5, 0.6) is 0 Å². The summed E-state index contributed by atoms with van der Waals surface area (Å²) in [6, 6.07) is 8.19. The molecule has 2 aromatic heterocycles. The average molecular weight is 371 g/mol. The number of pyridine rings is 1. The zero-order valence-electron chi connectivity index (χ0n) is 14.2. The number of halogens is 2. The van der Waals surface area contributed by atoms with Crippen LogP contribution in [0.2, 0.25) is 0 Å². The van der Waals surface area contributed by atoms with Gasteiger partial charge in [0.1, 0.15) is 5.82 Å². The molecule has 0 radical (unpaired) electrons. The van der Waals surface area contributed by atoms with Crippen molar-refractivity contribution in [2.45, 2.75) is 31.6 Å². The highest BCUT2D eigenvalue weighted by atomic mass is 32.1. The lowest BCUT2D eigenvalue weighted by molar-refractivity contribution is -0.0419. The molecule has 0 aliphatic heterocycles. The van der Waals surface area contributed by atoms with E-state index in [0.717, 1.165) is 26.9 Å². The standard InChI is InChI=1S/C20H19F2N3S/c1-13(14-4-6-20(21,22)7-5-14)25-19-9-17-8-15(18-11-23-12-26-18)2-3-16(17)10-24-19/h2-3,8-12,14H,1,4-7H2,(H,24,25). The highest BCUT2D eigenvalue weighted by Crippen LogP contribution is 2.38. The van der Waals surface area contributed by atoms with Gasteiger partial charge in [-0.25, -0.2) is 13.8 Å². The van der Waals surface area contributed by atoms with Crippen LogP contribution >= 0.6 is 11.3 Å². The van der Waals surface area contributed by atoms with Crippen molar-refractivity contribution in [1.29, 1.82) is 0 Å². The Kier molecular flexibility index (Phi) is 4.44. The fourth-order valence-electron chi connectivity index (χ4n) is 3.38. The summed E-state index contributed by atoms with van der Waals surface area (Å²) in [5.74, 6) is -1.76. The zero-order valence-corrected chi connectivity index (χ0v) is 15.0. The molecule has 0 bridgehead atoms. The van der Waals surface area contributed by atoms with Crippen molar-refractivity contribution < 1.29 is 8.78 Å². The van der Waals surface area contributed by atoms with Crippen LogP contribution in [0, 0.1) is 5.92 Å². The number of benzene rings is 1. The van der Waals surface area contributed by atoms with Crippen molar-refractivity contribution in [3.63, 3.8) is 0 Å². The Balaban J connectivity index is 1.52. The molecule has 134 valence electrons. The topological polar surface area (TPSA) is 37.8 Å². The minimum atomic E-state index is -2.52. The van der Waals surface area contributed by atoms with Crippen molar-refractivity contribution in [3.8, 4) is 10.4 Å². The van der Waals surface area contributed by atoms with Crippen LogP contribution in [0.15, 0.2) is 54.4 Å². The van der Waals surface area contributed by atoms with Gasteiger partial charge in [-0.15, -0.1) is 11.3 Å². The lowest BCUT2D eigenvalue weighted by atomic mass is 9.85. The quantitative estimate of drug-likeness (QED) is 0.601. The van der Waals surface area contributed by atoms with Crippen molar-refractivity contribution >= 4 is 27.9 Å². The van der Waals surface area contributed by atoms with Gasteiger partial charge in [-0.05, 0) is 41.8 Å². The third kappa shape index (κ3) is 3.60. The predicted octanol–water partition coefficient (Wildman–Crippen LogP) is 6.11. The summed E-state index contributed by atoms with van der Waals surface area (Å²) in [6.45, 7) is 4.06. The molecular weight excluding hydrogens is 352 g/mol. The third-order valence-corrected chi connectivity index (χ3v) is 5.76. The Morgan fingerprint density at radius 1 is 1.15 bits per heavy atom. The molecule has 3 nitrogen and oxygen atoms in total. The number of nitrogens with zero attached hydrogens (tertiary/aromatic N) is 2. The van der Waals surface area contributed by atoms with Crippen molar-refractivity contribution in [2.24, 2.45) is 5.92 Å². The first-order valence-corrected chi connectivity index (χ1v) is 9.50. The fraction of sp³-hybridized carbons (Fsp3) is 0.300. The van der Waals surface area contributed by atoms with Crippen LogP contribution in [0.4, 0.5) is 14.6 Å². The summed E-state index contributed by atoms with van der Waals surface area (Å²) in [4.78, 5) is 9.68. The molecule has 0 spiro atoms. The molecular formula is C20H19F2N3S. The van der Waals surface area contributed by atoms with E-state index in [4.69, 9.17) is 0 Å². The third-order valence-electron chi connectivity index (χ3n) is 4.94. The van der Waals surface area contributed by atoms with E-state index >= 15 is 0 Å². The smallest absolute Gasteiger partial charge is 0.248 e. The second kappa shape index (κ2) is 6.76. The van der Waals surface area contributed by atoms with Gasteiger partial charge in [0.05, 0.1) is 10.4 Å². The fourth-order valence-corrected chi connectivity index (χ4v) is 4.00. The van der Waals surface area contributed by atoms with Gasteiger partial charge >= 0.3 is 0 Å². The molecule has 1 aliphatic rings. The predicted molar refractivity (Wildman–Crippen MR) is 103 cm³/mol. The Hall–Kier alpha value is -2.34. The van der Waals surface area contributed by atoms with Gasteiger partial charge < -0.3 is 5.32 Å². The van der Waals surface area contributed by atoms with Gasteiger partial charge in [-0.3, -0.25) is 4.98 Å². The molecule has 1 aliphatic carbocycles. The van der Waals surface area contributed by atoms with Crippen LogP contribution in [-0.4, -0.2) is 15.9 Å². The maximum absolute atomic E-state index is 13.3. The molecule has 26 heavy (non-hydrogen) atoms. The van der Waals surface area contributed by atoms with Gasteiger partial charge in [0.2, 0.25) is 5.92 Å². The van der Waals surface area contributed by atoms with Crippen molar-refractivity contribution in [1.82, 2.24) is 9.97 Å². The zero-order chi connectivity index (χ0) is 18.1. The largest absolute Gasteiger partial charge is 0.344 e. The van der Waals surface area contributed by atoms with Gasteiger partial charge in [-0.2, -0.15) is 0 Å². The number of rotatable bonds is 4. The molecule has 0 atom stereocenters. The SMILES string of the molecule is C=C(Nc1cc2cc(-c3cncs3)ccc2cn1)C1CCC(F)(F)CC1. The van der Waals surface area contributed by atoms with E-state index in [1.807, 2.05) is 30.0 Å². The number of allylic oxidation sites excluding steroid dienone is 1. The molecule has 1 N–H and O–H groups in total. The summed E-state index contributed by atoms with van der Waals surface area (Å²) in [5.41, 5.74) is 3.70. The molecule has 1 fully saturated rings. The van der Waals surface area contributed by atoms with E-state index in [1.165, 1.54) is 0 Å². The number of hydrogen-bond acceptors (Lipinski definition) is 4. The number of aromatic nitrogens is 2. The van der Waals surface area contributed by atoms with Crippen molar-refractivity contribution in [2.75, 3.05) is 5.32 Å². The molecule has 1 saturated carbocycles. The first-order valence-electron chi connectivity index (χ1n) is 8.62. The van der Waals surface area contributed by atoms with Crippen LogP contribution in [-0.2, 0) is 0 Å². The molecule has 3 aromatic rings. The second-order valence-electron chi connectivity index (χ2n) is 6.78. The second-order valence-corrected chi connectivity index (χ2v) is 7.66. The van der Waals surface area contributed by atoms with Crippen molar-refractivity contribution in [3.05, 3.63) is 54.4 Å². The number of nitrogens with one attached hydrogen (secondary N) is 1. The van der Waals surface area contributed by atoms with Crippen LogP contribution in [0.25, 0.3) is 21.2 Å². The number of alkyl halides is 2. The van der Waals surface area contributed by atoms with Gasteiger partial charge in [0.25, 0.3) is 0 Å². The number of fused-ring (bicyclic) bond motifs is 1. The Morgan fingerprint density at radius 2 is 1.96 bits per heavy atom. The Morgan fingerprint density at radius 3 is 2.69 bits per heavy atom. The van der Waals surface area contributed by atoms with Gasteiger partial charge in [0, 0.05) is 36.3 Å². The molecule has 6 heteroatoms. The molecule has 2 heterocycles. The first-order chi connectivity index (χ1) is 12.5. The number of anilines is 1. The summed E-state index contributed by atoms with van der Waals surface area (Å²) < 4.78 is 26.7. The van der Waals surface area contributed by atoms with Crippen LogP contribution in [0.3, 0.4) is 0 Å². The van der Waals surface area contributed by atoms with E-state index in [0.29, 0.717) is 18.7 Å². The highest BCUT2D eigenvalue weighted by Gasteiger charge is 2.35. The van der Waals surface area contributed by atoms with Gasteiger partial charge in [-0.1, -0.05) is 18.7 Å². The van der Waals surface area contributed by atoms with E-state index in [9.17, 15) is 8.78 Å².